The quantitative estimate of drug-likeness (QED) is 0.349. The fourth-order valence-electron chi connectivity index (χ4n) is 3.35. The van der Waals surface area contributed by atoms with E-state index in [9.17, 15) is 66.7 Å². The van der Waals surface area contributed by atoms with Crippen LogP contribution in [0.2, 0.25) is 0 Å². The molecule has 1 aliphatic heterocycles. The summed E-state index contributed by atoms with van der Waals surface area (Å²) in [5.74, 6) is -45.3. The minimum atomic E-state index is -8.09. The Morgan fingerprint density at radius 3 is 1.54 bits per heavy atom. The lowest BCUT2D eigenvalue weighted by Gasteiger charge is -2.45. The molecule has 0 aliphatic carbocycles. The van der Waals surface area contributed by atoms with Crippen molar-refractivity contribution in [3.05, 3.63) is 0 Å². The van der Waals surface area contributed by atoms with Gasteiger partial charge in [0.2, 0.25) is 5.91 Å². The highest BCUT2D eigenvalue weighted by Gasteiger charge is 2.91. The maximum Gasteiger partial charge on any atom is 0.460 e. The molecule has 35 heavy (non-hydrogen) atoms. The van der Waals surface area contributed by atoms with Gasteiger partial charge in [-0.1, -0.05) is 34.6 Å². The average molecular weight is 545 g/mol. The number of carbonyl (C=O) groups excluding carboxylic acids is 2. The van der Waals surface area contributed by atoms with Crippen LogP contribution >= 0.6 is 0 Å². The van der Waals surface area contributed by atoms with Crippen molar-refractivity contribution in [1.82, 2.24) is 4.90 Å². The Morgan fingerprint density at radius 1 is 0.800 bits per heavy atom. The molecule has 4 nitrogen and oxygen atoms in total. The Morgan fingerprint density at radius 2 is 1.20 bits per heavy atom. The van der Waals surface area contributed by atoms with E-state index >= 15 is 0 Å². The smallest absolute Gasteiger partial charge is 0.447 e. The maximum atomic E-state index is 14.9. The molecule has 1 fully saturated rings. The van der Waals surface area contributed by atoms with Gasteiger partial charge in [-0.05, 0) is 11.3 Å². The summed E-state index contributed by atoms with van der Waals surface area (Å²) in [5.41, 5.74) is -2.56. The van der Waals surface area contributed by atoms with Gasteiger partial charge in [-0.2, -0.15) is 57.1 Å². The summed E-state index contributed by atoms with van der Waals surface area (Å²) in [6.45, 7) is 3.65. The highest BCUT2D eigenvalue weighted by Crippen LogP contribution is 2.62. The van der Waals surface area contributed by atoms with Crippen molar-refractivity contribution < 1.29 is 71.4 Å². The number of halogens is 13. The fourth-order valence-corrected chi connectivity index (χ4v) is 3.35. The van der Waals surface area contributed by atoms with Crippen molar-refractivity contribution in [3.8, 4) is 0 Å². The van der Waals surface area contributed by atoms with Crippen LogP contribution in [0.25, 0.3) is 0 Å². The summed E-state index contributed by atoms with van der Waals surface area (Å²) in [4.78, 5) is 24.6. The minimum absolute atomic E-state index is 0.134. The van der Waals surface area contributed by atoms with Crippen LogP contribution in [0.15, 0.2) is 0 Å². The summed E-state index contributed by atoms with van der Waals surface area (Å²) in [6.07, 6.45) is -9.23. The van der Waals surface area contributed by atoms with Gasteiger partial charge in [0.05, 0.1) is 6.04 Å². The highest BCUT2D eigenvalue weighted by molar-refractivity contribution is 5.95. The second-order valence-corrected chi connectivity index (χ2v) is 9.31. The van der Waals surface area contributed by atoms with Crippen LogP contribution in [-0.4, -0.2) is 65.3 Å². The Balaban J connectivity index is 3.76. The molecule has 1 saturated heterocycles. The zero-order valence-corrected chi connectivity index (χ0v) is 18.5. The highest BCUT2D eigenvalue weighted by atomic mass is 19.4. The van der Waals surface area contributed by atoms with Crippen LogP contribution in [0.5, 0.6) is 0 Å². The standard InChI is InChI=1S/C18H20F13NO3/c1-7(2)8-6-35-11(34)32(8)10(33)9(12(3,4)5)13(19,20)14(21,22)15(23,24)16(25,26)17(27,28)18(29,30)31/h7-9H,6H2,1-5H3/t8-,9-/m1/s1. The van der Waals surface area contributed by atoms with E-state index in [2.05, 4.69) is 4.74 Å². The van der Waals surface area contributed by atoms with Crippen LogP contribution in [0.4, 0.5) is 61.9 Å². The van der Waals surface area contributed by atoms with Gasteiger partial charge in [-0.15, -0.1) is 0 Å². The molecule has 2 atom stereocenters. The van der Waals surface area contributed by atoms with E-state index in [1.807, 2.05) is 0 Å². The molecule has 2 amide bonds. The monoisotopic (exact) mass is 545 g/mol. The zero-order chi connectivity index (χ0) is 28.4. The predicted octanol–water partition coefficient (Wildman–Crippen LogP) is 6.39. The molecule has 1 heterocycles. The van der Waals surface area contributed by atoms with Crippen LogP contribution in [0.3, 0.4) is 0 Å². The van der Waals surface area contributed by atoms with E-state index in [4.69, 9.17) is 0 Å². The number of rotatable bonds is 7. The Bertz CT molecular complexity index is 830. The lowest BCUT2D eigenvalue weighted by atomic mass is 9.72. The fraction of sp³-hybridized carbons (Fsp3) is 0.889. The molecule has 0 N–H and O–H groups in total. The van der Waals surface area contributed by atoms with E-state index < -0.39 is 77.7 Å². The lowest BCUT2D eigenvalue weighted by molar-refractivity contribution is -0.443. The van der Waals surface area contributed by atoms with E-state index in [0.717, 1.165) is 0 Å². The van der Waals surface area contributed by atoms with Crippen molar-refractivity contribution in [2.45, 2.75) is 76.4 Å². The zero-order valence-electron chi connectivity index (χ0n) is 18.5. The number of hydrogen-bond acceptors (Lipinski definition) is 3. The first-order valence-corrected chi connectivity index (χ1v) is 9.58. The number of imide groups is 1. The predicted molar refractivity (Wildman–Crippen MR) is 90.6 cm³/mol. The third kappa shape index (κ3) is 4.51. The van der Waals surface area contributed by atoms with Gasteiger partial charge < -0.3 is 4.74 Å². The van der Waals surface area contributed by atoms with Gasteiger partial charge in [-0.25, -0.2) is 9.69 Å². The number of nitrogens with zero attached hydrogens (tertiary/aromatic N) is 1. The molecule has 17 heteroatoms. The van der Waals surface area contributed by atoms with Gasteiger partial charge in [-0.3, -0.25) is 4.79 Å². The average Bonchev–Trinajstić information content (AvgIpc) is 3.00. The molecule has 206 valence electrons. The first-order chi connectivity index (χ1) is 15.1. The number of ether oxygens (including phenoxy) is 1. The van der Waals surface area contributed by atoms with Crippen molar-refractivity contribution in [2.24, 2.45) is 17.3 Å². The molecule has 0 unspecified atom stereocenters. The number of alkyl halides is 13. The van der Waals surface area contributed by atoms with E-state index in [-0.39, 0.29) is 4.90 Å². The molecule has 0 bridgehead atoms. The van der Waals surface area contributed by atoms with Crippen molar-refractivity contribution in [1.29, 1.82) is 0 Å². The molecule has 1 rings (SSSR count). The Hall–Kier alpha value is -1.97. The second kappa shape index (κ2) is 8.56. The number of cyclic esters (lactones) is 1. The van der Waals surface area contributed by atoms with Crippen LogP contribution in [0, 0.1) is 17.3 Å². The molecule has 0 aromatic rings. The summed E-state index contributed by atoms with van der Waals surface area (Å²) < 4.78 is 181. The molecule has 0 aromatic heterocycles. The van der Waals surface area contributed by atoms with E-state index in [1.54, 1.807) is 0 Å². The first kappa shape index (κ1) is 31.1. The van der Waals surface area contributed by atoms with Gasteiger partial charge in [0, 0.05) is 0 Å². The summed E-state index contributed by atoms with van der Waals surface area (Å²) in [5, 5.41) is 0. The molecule has 0 radical (unpaired) electrons. The van der Waals surface area contributed by atoms with E-state index in [1.165, 1.54) is 13.8 Å². The van der Waals surface area contributed by atoms with Crippen LogP contribution in [0.1, 0.15) is 34.6 Å². The third-order valence-corrected chi connectivity index (χ3v) is 5.35. The number of amides is 2. The molecular weight excluding hydrogens is 525 g/mol. The summed E-state index contributed by atoms with van der Waals surface area (Å²) in [6, 6.07) is -1.40. The molecular formula is C18H20F13NO3. The van der Waals surface area contributed by atoms with Gasteiger partial charge >= 0.3 is 41.9 Å². The van der Waals surface area contributed by atoms with E-state index in [0.29, 0.717) is 20.8 Å². The maximum absolute atomic E-state index is 14.9. The Labute approximate surface area is 189 Å². The second-order valence-electron chi connectivity index (χ2n) is 9.31. The summed E-state index contributed by atoms with van der Waals surface area (Å²) in [7, 11) is 0. The van der Waals surface area contributed by atoms with Crippen molar-refractivity contribution in [3.63, 3.8) is 0 Å². The van der Waals surface area contributed by atoms with Crippen molar-refractivity contribution in [2.75, 3.05) is 6.61 Å². The minimum Gasteiger partial charge on any atom is -0.447 e. The third-order valence-electron chi connectivity index (χ3n) is 5.35. The molecule has 1 aliphatic rings. The molecule has 0 aromatic carbocycles. The number of hydrogen-bond donors (Lipinski definition) is 0. The van der Waals surface area contributed by atoms with Crippen LogP contribution in [-0.2, 0) is 9.53 Å². The summed E-state index contributed by atoms with van der Waals surface area (Å²) >= 11 is 0. The lowest BCUT2D eigenvalue weighted by Crippen LogP contribution is -2.72. The van der Waals surface area contributed by atoms with Gasteiger partial charge in [0.25, 0.3) is 0 Å². The van der Waals surface area contributed by atoms with Gasteiger partial charge in [0.1, 0.15) is 12.5 Å². The molecule has 0 spiro atoms. The SMILES string of the molecule is CC(C)[C@H]1COC(=O)N1C(=O)[C@H](C(C)(C)C)C(F)(F)C(F)(F)C(F)(F)C(F)(F)C(F)(F)C(F)(F)F. The first-order valence-electron chi connectivity index (χ1n) is 9.58. The normalized spacial score (nSPS) is 20.4. The molecule has 0 saturated carbocycles. The topological polar surface area (TPSA) is 46.6 Å². The van der Waals surface area contributed by atoms with Crippen LogP contribution < -0.4 is 0 Å². The van der Waals surface area contributed by atoms with Crippen molar-refractivity contribution >= 4 is 12.0 Å². The number of carbonyl (C=O) groups is 2. The van der Waals surface area contributed by atoms with Gasteiger partial charge in [0.15, 0.2) is 0 Å². The Kier molecular flexibility index (Phi) is 7.59. The largest absolute Gasteiger partial charge is 0.460 e.